The number of imide groups is 1. The lowest BCUT2D eigenvalue weighted by atomic mass is 10.0. The minimum atomic E-state index is -0.571. The van der Waals surface area contributed by atoms with Crippen molar-refractivity contribution < 1.29 is 19.1 Å². The molecule has 0 bridgehead atoms. The summed E-state index contributed by atoms with van der Waals surface area (Å²) >= 11 is 0. The van der Waals surface area contributed by atoms with Crippen LogP contribution in [-0.4, -0.2) is 35.8 Å². The standard InChI is InChI=1S/C14H14N2O4/c1-20-9-2-3-10-8(6-9)7-16(14(10)19)11-4-5-12(17)15-13(11)18/h2-3,6,11H,4-5,7H2,1H3,(H,15,17,18). The molecule has 2 aliphatic rings. The van der Waals surface area contributed by atoms with E-state index in [4.69, 9.17) is 4.74 Å². The van der Waals surface area contributed by atoms with E-state index in [9.17, 15) is 14.4 Å². The normalized spacial score (nSPS) is 21.8. The lowest BCUT2D eigenvalue weighted by Crippen LogP contribution is -2.52. The van der Waals surface area contributed by atoms with Crippen LogP contribution in [0.4, 0.5) is 0 Å². The quantitative estimate of drug-likeness (QED) is 0.795. The Morgan fingerprint density at radius 1 is 1.30 bits per heavy atom. The van der Waals surface area contributed by atoms with Gasteiger partial charge in [-0.2, -0.15) is 0 Å². The van der Waals surface area contributed by atoms with Crippen molar-refractivity contribution in [1.29, 1.82) is 0 Å². The van der Waals surface area contributed by atoms with Crippen LogP contribution in [0.15, 0.2) is 18.2 Å². The number of rotatable bonds is 2. The van der Waals surface area contributed by atoms with Crippen molar-refractivity contribution in [2.75, 3.05) is 7.11 Å². The molecule has 2 heterocycles. The van der Waals surface area contributed by atoms with Gasteiger partial charge in [-0.1, -0.05) is 0 Å². The summed E-state index contributed by atoms with van der Waals surface area (Å²) < 4.78 is 5.14. The van der Waals surface area contributed by atoms with Gasteiger partial charge in [0.15, 0.2) is 0 Å². The van der Waals surface area contributed by atoms with E-state index in [1.54, 1.807) is 25.3 Å². The average molecular weight is 274 g/mol. The van der Waals surface area contributed by atoms with Crippen LogP contribution >= 0.6 is 0 Å². The van der Waals surface area contributed by atoms with Crippen molar-refractivity contribution in [3.05, 3.63) is 29.3 Å². The molecule has 104 valence electrons. The lowest BCUT2D eigenvalue weighted by molar-refractivity contribution is -0.136. The van der Waals surface area contributed by atoms with Crippen molar-refractivity contribution >= 4 is 17.7 Å². The largest absolute Gasteiger partial charge is 0.497 e. The Balaban J connectivity index is 1.86. The number of carbonyl (C=O) groups is 3. The summed E-state index contributed by atoms with van der Waals surface area (Å²) in [6.45, 7) is 0.373. The van der Waals surface area contributed by atoms with Crippen LogP contribution < -0.4 is 10.1 Å². The number of nitrogens with zero attached hydrogens (tertiary/aromatic N) is 1. The van der Waals surface area contributed by atoms with Crippen molar-refractivity contribution in [3.63, 3.8) is 0 Å². The van der Waals surface area contributed by atoms with Gasteiger partial charge < -0.3 is 9.64 Å². The maximum Gasteiger partial charge on any atom is 0.255 e. The summed E-state index contributed by atoms with van der Waals surface area (Å²) in [7, 11) is 1.57. The van der Waals surface area contributed by atoms with Gasteiger partial charge in [0.05, 0.1) is 7.11 Å². The first-order chi connectivity index (χ1) is 9.60. The third kappa shape index (κ3) is 1.93. The molecule has 6 nitrogen and oxygen atoms in total. The molecule has 3 rings (SSSR count). The molecule has 0 radical (unpaired) electrons. The lowest BCUT2D eigenvalue weighted by Gasteiger charge is -2.29. The molecule has 1 unspecified atom stereocenters. The van der Waals surface area contributed by atoms with Gasteiger partial charge in [-0.15, -0.1) is 0 Å². The van der Waals surface area contributed by atoms with Crippen molar-refractivity contribution in [1.82, 2.24) is 10.2 Å². The van der Waals surface area contributed by atoms with E-state index in [1.165, 1.54) is 4.90 Å². The first kappa shape index (κ1) is 12.7. The Labute approximate surface area is 115 Å². The minimum absolute atomic E-state index is 0.169. The number of fused-ring (bicyclic) bond motifs is 1. The molecule has 1 saturated heterocycles. The molecule has 1 fully saturated rings. The molecular weight excluding hydrogens is 260 g/mol. The van der Waals surface area contributed by atoms with Crippen LogP contribution in [0.3, 0.4) is 0 Å². The number of nitrogens with one attached hydrogen (secondary N) is 1. The number of piperidine rings is 1. The number of amides is 3. The van der Waals surface area contributed by atoms with E-state index in [-0.39, 0.29) is 18.2 Å². The summed E-state index contributed by atoms with van der Waals surface area (Å²) in [6.07, 6.45) is 0.640. The van der Waals surface area contributed by atoms with E-state index in [2.05, 4.69) is 5.32 Å². The Morgan fingerprint density at radius 2 is 2.10 bits per heavy atom. The highest BCUT2D eigenvalue weighted by molar-refractivity contribution is 6.05. The number of hydrogen-bond acceptors (Lipinski definition) is 4. The molecule has 2 aliphatic heterocycles. The summed E-state index contributed by atoms with van der Waals surface area (Å²) in [5.74, 6) is -0.162. The summed E-state index contributed by atoms with van der Waals surface area (Å²) in [4.78, 5) is 36.9. The number of methoxy groups -OCH3 is 1. The molecule has 6 heteroatoms. The van der Waals surface area contributed by atoms with Gasteiger partial charge in [-0.3, -0.25) is 19.7 Å². The van der Waals surface area contributed by atoms with Gasteiger partial charge in [0.2, 0.25) is 11.8 Å². The predicted octanol–water partition coefficient (Wildman–Crippen LogP) is 0.456. The van der Waals surface area contributed by atoms with Gasteiger partial charge in [0, 0.05) is 18.5 Å². The molecule has 0 aliphatic carbocycles. The van der Waals surface area contributed by atoms with E-state index >= 15 is 0 Å². The third-order valence-electron chi connectivity index (χ3n) is 3.73. The van der Waals surface area contributed by atoms with E-state index in [0.29, 0.717) is 24.3 Å². The number of hydrogen-bond donors (Lipinski definition) is 1. The fraction of sp³-hybridized carbons (Fsp3) is 0.357. The Kier molecular flexibility index (Phi) is 2.93. The summed E-state index contributed by atoms with van der Waals surface area (Å²) in [5.41, 5.74) is 1.44. The fourth-order valence-electron chi connectivity index (χ4n) is 2.68. The SMILES string of the molecule is COc1ccc2c(c1)CN(C1CCC(=O)NC1=O)C2=O. The topological polar surface area (TPSA) is 75.7 Å². The second-order valence-electron chi connectivity index (χ2n) is 4.92. The smallest absolute Gasteiger partial charge is 0.255 e. The summed E-state index contributed by atoms with van der Waals surface area (Å²) in [5, 5.41) is 2.28. The van der Waals surface area contributed by atoms with Crippen molar-refractivity contribution in [2.45, 2.75) is 25.4 Å². The highest BCUT2D eigenvalue weighted by Gasteiger charge is 2.39. The molecule has 1 atom stereocenters. The molecule has 1 aromatic rings. The third-order valence-corrected chi connectivity index (χ3v) is 3.73. The van der Waals surface area contributed by atoms with Crippen molar-refractivity contribution in [2.24, 2.45) is 0 Å². The van der Waals surface area contributed by atoms with Gasteiger partial charge in [0.25, 0.3) is 5.91 Å². The maximum absolute atomic E-state index is 12.3. The molecular formula is C14H14N2O4. The second-order valence-corrected chi connectivity index (χ2v) is 4.92. The Hall–Kier alpha value is -2.37. The molecule has 20 heavy (non-hydrogen) atoms. The van der Waals surface area contributed by atoms with E-state index in [0.717, 1.165) is 5.56 Å². The monoisotopic (exact) mass is 274 g/mol. The van der Waals surface area contributed by atoms with Gasteiger partial charge in [0.1, 0.15) is 11.8 Å². The van der Waals surface area contributed by atoms with Gasteiger partial charge >= 0.3 is 0 Å². The highest BCUT2D eigenvalue weighted by atomic mass is 16.5. The fourth-order valence-corrected chi connectivity index (χ4v) is 2.68. The average Bonchev–Trinajstić information content (AvgIpc) is 2.75. The molecule has 3 amide bonds. The maximum atomic E-state index is 12.3. The Bertz CT molecular complexity index is 611. The molecule has 0 saturated carbocycles. The second kappa shape index (κ2) is 4.63. The molecule has 0 spiro atoms. The predicted molar refractivity (Wildman–Crippen MR) is 69.0 cm³/mol. The number of ether oxygens (including phenoxy) is 1. The van der Waals surface area contributed by atoms with Crippen LogP contribution in [0.5, 0.6) is 5.75 Å². The van der Waals surface area contributed by atoms with Crippen LogP contribution in [0, 0.1) is 0 Å². The number of carbonyl (C=O) groups excluding carboxylic acids is 3. The van der Waals surface area contributed by atoms with Crippen molar-refractivity contribution in [3.8, 4) is 5.75 Å². The summed E-state index contributed by atoms with van der Waals surface area (Å²) in [6, 6.07) is 4.67. The zero-order valence-electron chi connectivity index (χ0n) is 11.0. The van der Waals surface area contributed by atoms with Crippen LogP contribution in [0.1, 0.15) is 28.8 Å². The van der Waals surface area contributed by atoms with E-state index < -0.39 is 11.9 Å². The molecule has 0 aromatic heterocycles. The van der Waals surface area contributed by atoms with Crippen LogP contribution in [0.25, 0.3) is 0 Å². The van der Waals surface area contributed by atoms with E-state index in [1.807, 2.05) is 0 Å². The highest BCUT2D eigenvalue weighted by Crippen LogP contribution is 2.29. The van der Waals surface area contributed by atoms with Gasteiger partial charge in [-0.05, 0) is 30.2 Å². The first-order valence-corrected chi connectivity index (χ1v) is 6.41. The van der Waals surface area contributed by atoms with Gasteiger partial charge in [-0.25, -0.2) is 0 Å². The zero-order valence-corrected chi connectivity index (χ0v) is 11.0. The first-order valence-electron chi connectivity index (χ1n) is 6.41. The van der Waals surface area contributed by atoms with Crippen LogP contribution in [-0.2, 0) is 16.1 Å². The zero-order chi connectivity index (χ0) is 14.3. The Morgan fingerprint density at radius 3 is 2.80 bits per heavy atom. The minimum Gasteiger partial charge on any atom is -0.497 e. The number of benzene rings is 1. The molecule has 1 N–H and O–H groups in total. The molecule has 1 aromatic carbocycles. The van der Waals surface area contributed by atoms with Crippen LogP contribution in [0.2, 0.25) is 0 Å².